The molecule has 2 saturated heterocycles. The monoisotopic (exact) mass is 517 g/mol. The predicted octanol–water partition coefficient (Wildman–Crippen LogP) is 6.58. The molecule has 0 radical (unpaired) electrons. The SMILES string of the molecule is CC[C@@H](C=O)N1C(=O)[C@@](C)(C[C@H]2COC(C)(C)O2)C[C@H](c2cccc(Cl)c2)[C@H]1c1ccc(Cl)cc1. The van der Waals surface area contributed by atoms with Gasteiger partial charge in [-0.3, -0.25) is 4.79 Å². The minimum atomic E-state index is -0.749. The van der Waals surface area contributed by atoms with E-state index in [1.54, 1.807) is 4.90 Å². The Kier molecular flexibility index (Phi) is 7.63. The quantitative estimate of drug-likeness (QED) is 0.389. The van der Waals surface area contributed by atoms with Crippen molar-refractivity contribution in [3.05, 3.63) is 69.7 Å². The van der Waals surface area contributed by atoms with Crippen LogP contribution in [0.15, 0.2) is 48.5 Å². The number of halogens is 2. The molecule has 35 heavy (non-hydrogen) atoms. The van der Waals surface area contributed by atoms with Crippen molar-refractivity contribution < 1.29 is 19.1 Å². The highest BCUT2D eigenvalue weighted by Crippen LogP contribution is 2.53. The van der Waals surface area contributed by atoms with E-state index in [-0.39, 0.29) is 24.0 Å². The lowest BCUT2D eigenvalue weighted by molar-refractivity contribution is -0.163. The Morgan fingerprint density at radius 1 is 1.09 bits per heavy atom. The Morgan fingerprint density at radius 3 is 2.37 bits per heavy atom. The zero-order valence-electron chi connectivity index (χ0n) is 20.7. The van der Waals surface area contributed by atoms with E-state index in [0.29, 0.717) is 35.9 Å². The predicted molar refractivity (Wildman–Crippen MR) is 138 cm³/mol. The molecule has 0 saturated carbocycles. The van der Waals surface area contributed by atoms with Crippen molar-refractivity contribution in [3.8, 4) is 0 Å². The van der Waals surface area contributed by atoms with Crippen LogP contribution in [-0.2, 0) is 19.1 Å². The van der Waals surface area contributed by atoms with E-state index in [1.165, 1.54) is 0 Å². The van der Waals surface area contributed by atoms with Gasteiger partial charge in [0.15, 0.2) is 5.79 Å². The summed E-state index contributed by atoms with van der Waals surface area (Å²) in [4.78, 5) is 28.3. The van der Waals surface area contributed by atoms with E-state index in [4.69, 9.17) is 32.7 Å². The van der Waals surface area contributed by atoms with E-state index in [9.17, 15) is 9.59 Å². The van der Waals surface area contributed by atoms with Gasteiger partial charge in [-0.2, -0.15) is 0 Å². The molecule has 1 amide bonds. The van der Waals surface area contributed by atoms with E-state index >= 15 is 0 Å². The van der Waals surface area contributed by atoms with Crippen molar-refractivity contribution in [3.63, 3.8) is 0 Å². The molecule has 2 heterocycles. The van der Waals surface area contributed by atoms with Crippen molar-refractivity contribution in [1.82, 2.24) is 4.90 Å². The minimum absolute atomic E-state index is 0.0389. The molecular formula is C28H33Cl2NO4. The van der Waals surface area contributed by atoms with Crippen LogP contribution < -0.4 is 0 Å². The van der Waals surface area contributed by atoms with Gasteiger partial charge in [0.05, 0.1) is 24.8 Å². The molecule has 0 unspecified atom stereocenters. The number of aldehydes is 1. The molecular weight excluding hydrogens is 485 g/mol. The van der Waals surface area contributed by atoms with Crippen molar-refractivity contribution in [2.75, 3.05) is 6.61 Å². The highest BCUT2D eigenvalue weighted by Gasteiger charge is 2.53. The van der Waals surface area contributed by atoms with E-state index in [0.717, 1.165) is 17.4 Å². The standard InChI is InChI=1S/C28H33Cl2NO4/c1-5-22(16-32)31-25(18-9-11-20(29)12-10-18)24(19-7-6-8-21(30)13-19)15-28(4,26(31)33)14-23-17-34-27(2,3)35-23/h6-13,16,22-25H,5,14-15,17H2,1-4H3/t22-,23-,24+,25+,28-/m0/s1. The second-order valence-corrected chi connectivity index (χ2v) is 11.3. The molecule has 2 fully saturated rings. The molecule has 0 N–H and O–H groups in total. The normalized spacial score (nSPS) is 29.3. The fourth-order valence-electron chi connectivity index (χ4n) is 5.66. The van der Waals surface area contributed by atoms with Gasteiger partial charge < -0.3 is 19.2 Å². The number of amides is 1. The topological polar surface area (TPSA) is 55.8 Å². The number of carbonyl (C=O) groups is 2. The first-order valence-electron chi connectivity index (χ1n) is 12.2. The first-order chi connectivity index (χ1) is 16.6. The molecule has 2 aromatic rings. The number of piperidine rings is 1. The summed E-state index contributed by atoms with van der Waals surface area (Å²) in [5.41, 5.74) is 1.23. The molecule has 2 aliphatic heterocycles. The van der Waals surface area contributed by atoms with Crippen LogP contribution in [0.4, 0.5) is 0 Å². The molecule has 2 aliphatic rings. The van der Waals surface area contributed by atoms with E-state index in [1.807, 2.05) is 76.2 Å². The number of likely N-dealkylation sites (tertiary alicyclic amines) is 1. The molecule has 2 aromatic carbocycles. The number of hydrogen-bond acceptors (Lipinski definition) is 4. The highest BCUT2D eigenvalue weighted by molar-refractivity contribution is 6.30. The van der Waals surface area contributed by atoms with Crippen LogP contribution in [0.2, 0.25) is 10.0 Å². The smallest absolute Gasteiger partial charge is 0.229 e. The summed E-state index contributed by atoms with van der Waals surface area (Å²) < 4.78 is 11.9. The number of benzene rings is 2. The van der Waals surface area contributed by atoms with Gasteiger partial charge in [-0.1, -0.05) is 61.3 Å². The number of carbonyl (C=O) groups excluding carboxylic acids is 2. The van der Waals surface area contributed by atoms with Gasteiger partial charge in [-0.15, -0.1) is 0 Å². The maximum Gasteiger partial charge on any atom is 0.229 e. The Hall–Kier alpha value is -1.92. The Bertz CT molecular complexity index is 1070. The lowest BCUT2D eigenvalue weighted by Crippen LogP contribution is -2.56. The second kappa shape index (κ2) is 10.2. The van der Waals surface area contributed by atoms with Crippen molar-refractivity contribution in [1.29, 1.82) is 0 Å². The summed E-state index contributed by atoms with van der Waals surface area (Å²) >= 11 is 12.6. The van der Waals surface area contributed by atoms with Gasteiger partial charge in [0, 0.05) is 21.4 Å². The summed E-state index contributed by atoms with van der Waals surface area (Å²) in [7, 11) is 0. The summed E-state index contributed by atoms with van der Waals surface area (Å²) in [6, 6.07) is 14.5. The number of hydrogen-bond donors (Lipinski definition) is 0. The average Bonchev–Trinajstić information content (AvgIpc) is 3.15. The molecule has 5 atom stereocenters. The van der Waals surface area contributed by atoms with Gasteiger partial charge in [0.2, 0.25) is 5.91 Å². The van der Waals surface area contributed by atoms with Crippen molar-refractivity contribution in [2.24, 2.45) is 5.41 Å². The molecule has 0 spiro atoms. The molecule has 5 nitrogen and oxygen atoms in total. The van der Waals surface area contributed by atoms with Gasteiger partial charge in [-0.05, 0) is 68.5 Å². The van der Waals surface area contributed by atoms with Crippen molar-refractivity contribution in [2.45, 2.75) is 76.9 Å². The largest absolute Gasteiger partial charge is 0.348 e. The highest BCUT2D eigenvalue weighted by atomic mass is 35.5. The Labute approximate surface area is 217 Å². The summed E-state index contributed by atoms with van der Waals surface area (Å²) in [5.74, 6) is -0.796. The van der Waals surface area contributed by atoms with Gasteiger partial charge in [-0.25, -0.2) is 0 Å². The molecule has 0 bridgehead atoms. The first-order valence-corrected chi connectivity index (χ1v) is 12.9. The number of nitrogens with zero attached hydrogens (tertiary/aromatic N) is 1. The fourth-order valence-corrected chi connectivity index (χ4v) is 5.98. The maximum absolute atomic E-state index is 14.3. The summed E-state index contributed by atoms with van der Waals surface area (Å²) in [5, 5.41) is 1.26. The van der Waals surface area contributed by atoms with Crippen LogP contribution in [0.5, 0.6) is 0 Å². The average molecular weight is 518 g/mol. The van der Waals surface area contributed by atoms with Crippen LogP contribution in [0.1, 0.15) is 70.0 Å². The van der Waals surface area contributed by atoms with Gasteiger partial charge in [0.25, 0.3) is 0 Å². The molecule has 4 rings (SSSR count). The maximum atomic E-state index is 14.3. The van der Waals surface area contributed by atoms with E-state index < -0.39 is 17.2 Å². The second-order valence-electron chi connectivity index (χ2n) is 10.4. The van der Waals surface area contributed by atoms with Crippen LogP contribution in [-0.4, -0.2) is 41.6 Å². The van der Waals surface area contributed by atoms with Crippen LogP contribution in [0.25, 0.3) is 0 Å². The Morgan fingerprint density at radius 2 is 1.80 bits per heavy atom. The third-order valence-corrected chi connectivity index (χ3v) is 7.76. The molecule has 0 aliphatic carbocycles. The third kappa shape index (κ3) is 5.43. The number of ether oxygens (including phenoxy) is 2. The summed E-state index contributed by atoms with van der Waals surface area (Å²) in [6.45, 7) is 8.12. The molecule has 0 aromatic heterocycles. The van der Waals surface area contributed by atoms with Crippen LogP contribution in [0, 0.1) is 5.41 Å². The van der Waals surface area contributed by atoms with Crippen LogP contribution >= 0.6 is 23.2 Å². The lowest BCUT2D eigenvalue weighted by Gasteiger charge is -2.51. The molecule has 188 valence electrons. The van der Waals surface area contributed by atoms with Gasteiger partial charge >= 0.3 is 0 Å². The number of rotatable bonds is 7. The van der Waals surface area contributed by atoms with Gasteiger partial charge in [0.1, 0.15) is 6.29 Å². The lowest BCUT2D eigenvalue weighted by atomic mass is 9.66. The molecule has 7 heteroatoms. The van der Waals surface area contributed by atoms with E-state index in [2.05, 4.69) is 0 Å². The Balaban J connectivity index is 1.83. The fraction of sp³-hybridized carbons (Fsp3) is 0.500. The zero-order chi connectivity index (χ0) is 25.4. The third-order valence-electron chi connectivity index (χ3n) is 7.27. The van der Waals surface area contributed by atoms with Crippen LogP contribution in [0.3, 0.4) is 0 Å². The van der Waals surface area contributed by atoms with Crippen molar-refractivity contribution >= 4 is 35.4 Å². The minimum Gasteiger partial charge on any atom is -0.348 e. The zero-order valence-corrected chi connectivity index (χ0v) is 22.2. The first kappa shape index (κ1) is 26.2. The summed E-state index contributed by atoms with van der Waals surface area (Å²) in [6.07, 6.45) is 2.30.